The molecule has 6 heteroatoms. The van der Waals surface area contributed by atoms with Gasteiger partial charge in [0.25, 0.3) is 0 Å². The van der Waals surface area contributed by atoms with E-state index in [0.717, 1.165) is 18.5 Å². The quantitative estimate of drug-likeness (QED) is 0.854. The molecular formula is C15H22N2O3S. The van der Waals surface area contributed by atoms with Crippen molar-refractivity contribution in [3.05, 3.63) is 29.8 Å². The molecule has 2 N–H and O–H groups in total. The van der Waals surface area contributed by atoms with E-state index in [1.54, 1.807) is 0 Å². The van der Waals surface area contributed by atoms with Crippen LogP contribution in [0.25, 0.3) is 0 Å². The van der Waals surface area contributed by atoms with E-state index < -0.39 is 15.7 Å². The highest BCUT2D eigenvalue weighted by Gasteiger charge is 2.24. The minimum Gasteiger partial charge on any atom is -0.370 e. The van der Waals surface area contributed by atoms with Crippen LogP contribution >= 0.6 is 0 Å². The normalized spacial score (nSPS) is 18.3. The number of hydrogen-bond acceptors (Lipinski definition) is 4. The number of amides is 1. The topological polar surface area (TPSA) is 80.5 Å². The van der Waals surface area contributed by atoms with Crippen molar-refractivity contribution in [2.24, 2.45) is 5.73 Å². The first-order chi connectivity index (χ1) is 9.89. The van der Waals surface area contributed by atoms with E-state index >= 15 is 0 Å². The second kappa shape index (κ2) is 6.47. The van der Waals surface area contributed by atoms with E-state index in [0.29, 0.717) is 12.6 Å². The zero-order valence-corrected chi connectivity index (χ0v) is 13.1. The summed E-state index contributed by atoms with van der Waals surface area (Å²) in [5.74, 6) is -0.680. The average Bonchev–Trinajstić information content (AvgIpc) is 2.44. The first-order valence-corrected chi connectivity index (χ1v) is 9.04. The Morgan fingerprint density at radius 2 is 2.05 bits per heavy atom. The highest BCUT2D eigenvalue weighted by atomic mass is 32.2. The number of rotatable bonds is 6. The molecule has 1 amide bonds. The lowest BCUT2D eigenvalue weighted by atomic mass is 9.97. The fourth-order valence-electron chi connectivity index (χ4n) is 2.70. The van der Waals surface area contributed by atoms with Gasteiger partial charge in [0.15, 0.2) is 9.84 Å². The zero-order valence-electron chi connectivity index (χ0n) is 12.3. The number of anilines is 1. The van der Waals surface area contributed by atoms with Gasteiger partial charge >= 0.3 is 0 Å². The molecule has 1 aliphatic heterocycles. The molecule has 1 aliphatic rings. The van der Waals surface area contributed by atoms with Crippen molar-refractivity contribution in [2.75, 3.05) is 23.0 Å². The first kappa shape index (κ1) is 15.8. The molecule has 5 nitrogen and oxygen atoms in total. The van der Waals surface area contributed by atoms with Gasteiger partial charge in [0, 0.05) is 24.7 Å². The Bertz CT molecular complexity index is 613. The largest absolute Gasteiger partial charge is 0.370 e. The summed E-state index contributed by atoms with van der Waals surface area (Å²) in [6.07, 6.45) is 1.95. The predicted octanol–water partition coefficient (Wildman–Crippen LogP) is 1.12. The van der Waals surface area contributed by atoms with Gasteiger partial charge in [-0.05, 0) is 31.4 Å². The Balaban J connectivity index is 2.04. The van der Waals surface area contributed by atoms with Crippen molar-refractivity contribution in [1.82, 2.24) is 0 Å². The van der Waals surface area contributed by atoms with Gasteiger partial charge < -0.3 is 10.6 Å². The number of carbonyl (C=O) groups is 1. The molecule has 1 atom stereocenters. The average molecular weight is 310 g/mol. The highest BCUT2D eigenvalue weighted by molar-refractivity contribution is 7.91. The van der Waals surface area contributed by atoms with Crippen LogP contribution < -0.4 is 10.6 Å². The van der Waals surface area contributed by atoms with Gasteiger partial charge in [-0.1, -0.05) is 18.2 Å². The molecule has 1 unspecified atom stereocenters. The summed E-state index contributed by atoms with van der Waals surface area (Å²) < 4.78 is 23.9. The van der Waals surface area contributed by atoms with Crippen LogP contribution in [0.2, 0.25) is 0 Å². The van der Waals surface area contributed by atoms with Gasteiger partial charge in [-0.25, -0.2) is 8.42 Å². The number of para-hydroxylation sites is 1. The molecule has 1 aromatic rings. The number of benzene rings is 1. The van der Waals surface area contributed by atoms with Crippen molar-refractivity contribution in [1.29, 1.82) is 0 Å². The lowest BCUT2D eigenvalue weighted by Crippen LogP contribution is -2.40. The predicted molar refractivity (Wildman–Crippen MR) is 84.0 cm³/mol. The fraction of sp³-hybridized carbons (Fsp3) is 0.533. The number of nitrogens with two attached hydrogens (primary N) is 1. The van der Waals surface area contributed by atoms with Gasteiger partial charge in [-0.2, -0.15) is 0 Å². The van der Waals surface area contributed by atoms with E-state index in [9.17, 15) is 13.2 Å². The lowest BCUT2D eigenvalue weighted by Gasteiger charge is -2.37. The minimum absolute atomic E-state index is 0.0545. The van der Waals surface area contributed by atoms with Crippen molar-refractivity contribution in [2.45, 2.75) is 32.2 Å². The number of carbonyl (C=O) groups excluding carboxylic acids is 1. The second-order valence-corrected chi connectivity index (χ2v) is 7.88. The molecule has 0 saturated heterocycles. The van der Waals surface area contributed by atoms with E-state index in [-0.39, 0.29) is 17.9 Å². The monoisotopic (exact) mass is 310 g/mol. The third-order valence-electron chi connectivity index (χ3n) is 3.97. The summed E-state index contributed by atoms with van der Waals surface area (Å²) in [7, 11) is -3.24. The molecule has 0 bridgehead atoms. The van der Waals surface area contributed by atoms with E-state index in [2.05, 4.69) is 17.9 Å². The molecule has 0 spiro atoms. The molecule has 0 radical (unpaired) electrons. The van der Waals surface area contributed by atoms with Crippen molar-refractivity contribution in [3.8, 4) is 0 Å². The molecule has 116 valence electrons. The third kappa shape index (κ3) is 4.20. The number of hydrogen-bond donors (Lipinski definition) is 1. The Morgan fingerprint density at radius 3 is 2.76 bits per heavy atom. The standard InChI is InChI=1S/C15H22N2O3S/c1-12-6-7-13-4-2-3-5-14(13)17(12)9-11-21(19,20)10-8-15(16)18/h2-5,12H,6-11H2,1H3,(H2,16,18). The van der Waals surface area contributed by atoms with Crippen LogP contribution in [0.4, 0.5) is 5.69 Å². The van der Waals surface area contributed by atoms with Gasteiger partial charge in [0.05, 0.1) is 11.5 Å². The minimum atomic E-state index is -3.24. The van der Waals surface area contributed by atoms with Crippen LogP contribution in [-0.4, -0.2) is 38.4 Å². The number of sulfone groups is 1. The SMILES string of the molecule is CC1CCc2ccccc2N1CCS(=O)(=O)CCC(N)=O. The number of nitrogens with zero attached hydrogens (tertiary/aromatic N) is 1. The summed E-state index contributed by atoms with van der Waals surface area (Å²) in [6, 6.07) is 8.45. The summed E-state index contributed by atoms with van der Waals surface area (Å²) in [4.78, 5) is 12.9. The summed E-state index contributed by atoms with van der Waals surface area (Å²) in [6.45, 7) is 2.57. The van der Waals surface area contributed by atoms with E-state index in [1.165, 1.54) is 5.56 Å². The van der Waals surface area contributed by atoms with E-state index in [1.807, 2.05) is 18.2 Å². The summed E-state index contributed by atoms with van der Waals surface area (Å²) in [5, 5.41) is 0. The Labute approximate surface area is 126 Å². The second-order valence-electron chi connectivity index (χ2n) is 5.58. The van der Waals surface area contributed by atoms with Crippen LogP contribution in [0.3, 0.4) is 0 Å². The fourth-order valence-corrected chi connectivity index (χ4v) is 3.89. The van der Waals surface area contributed by atoms with Crippen molar-refractivity contribution >= 4 is 21.4 Å². The summed E-state index contributed by atoms with van der Waals surface area (Å²) >= 11 is 0. The maximum Gasteiger partial charge on any atom is 0.218 e. The smallest absolute Gasteiger partial charge is 0.218 e. The van der Waals surface area contributed by atoms with Crippen LogP contribution in [0.15, 0.2) is 24.3 Å². The molecule has 21 heavy (non-hydrogen) atoms. The molecule has 0 fully saturated rings. The van der Waals surface area contributed by atoms with Gasteiger partial charge in [0.1, 0.15) is 0 Å². The maximum absolute atomic E-state index is 12.0. The van der Waals surface area contributed by atoms with Crippen LogP contribution in [0.1, 0.15) is 25.3 Å². The van der Waals surface area contributed by atoms with Crippen molar-refractivity contribution in [3.63, 3.8) is 0 Å². The zero-order chi connectivity index (χ0) is 15.5. The van der Waals surface area contributed by atoms with Gasteiger partial charge in [-0.15, -0.1) is 0 Å². The Kier molecular flexibility index (Phi) is 4.88. The van der Waals surface area contributed by atoms with Crippen LogP contribution in [-0.2, 0) is 21.1 Å². The molecule has 0 aliphatic carbocycles. The molecule has 0 aromatic heterocycles. The number of fused-ring (bicyclic) bond motifs is 1. The number of primary amides is 1. The molecular weight excluding hydrogens is 288 g/mol. The maximum atomic E-state index is 12.0. The Hall–Kier alpha value is -1.56. The molecule has 1 aromatic carbocycles. The van der Waals surface area contributed by atoms with Gasteiger partial charge in [0.2, 0.25) is 5.91 Å². The van der Waals surface area contributed by atoms with Gasteiger partial charge in [-0.3, -0.25) is 4.79 Å². The van der Waals surface area contributed by atoms with Crippen LogP contribution in [0.5, 0.6) is 0 Å². The summed E-state index contributed by atoms with van der Waals surface area (Å²) in [5.41, 5.74) is 7.40. The Morgan fingerprint density at radius 1 is 1.33 bits per heavy atom. The molecule has 1 heterocycles. The highest BCUT2D eigenvalue weighted by Crippen LogP contribution is 2.30. The lowest BCUT2D eigenvalue weighted by molar-refractivity contribution is -0.117. The van der Waals surface area contributed by atoms with E-state index in [4.69, 9.17) is 5.73 Å². The van der Waals surface area contributed by atoms with Crippen LogP contribution in [0, 0.1) is 0 Å². The number of aryl methyl sites for hydroxylation is 1. The first-order valence-electron chi connectivity index (χ1n) is 7.22. The van der Waals surface area contributed by atoms with Crippen molar-refractivity contribution < 1.29 is 13.2 Å². The third-order valence-corrected chi connectivity index (χ3v) is 5.60. The molecule has 0 saturated carbocycles. The molecule has 2 rings (SSSR count).